The summed E-state index contributed by atoms with van der Waals surface area (Å²) < 4.78 is 87.2. The zero-order valence-corrected chi connectivity index (χ0v) is 41.7. The van der Waals surface area contributed by atoms with Crippen LogP contribution in [0.25, 0.3) is 19.8 Å². The molecule has 0 saturated heterocycles. The van der Waals surface area contributed by atoms with E-state index in [1.54, 1.807) is 52.3 Å². The Hall–Kier alpha value is -3.09. The minimum atomic E-state index is -4.43. The number of carbonyl (C=O) groups is 1. The zero-order valence-electron chi connectivity index (χ0n) is 32.0. The SMILES string of the molecule is Cc1ccc([B-]2(c3ccc(C(F)(F)F)cc3)c3cc(I)sc3-c3sc(C(=O)O)c[n+]32)cc1.Cc1ccc([B-]2(c3ccc(C(F)(F)F)cc3)c3cc(I)sc3-c3sc(I)c[n+]32)cc1. The number of benzene rings is 4. The third-order valence-electron chi connectivity index (χ3n) is 11.7. The topological polar surface area (TPSA) is 45.1 Å². The Kier molecular flexibility index (Phi) is 11.5. The van der Waals surface area contributed by atoms with E-state index in [2.05, 4.69) is 115 Å². The van der Waals surface area contributed by atoms with Crippen molar-refractivity contribution >= 4 is 164 Å². The predicted molar refractivity (Wildman–Crippen MR) is 266 cm³/mol. The number of aromatic carboxylic acids is 1. The molecule has 19 heteroatoms. The number of hydrogen-bond donors (Lipinski definition) is 1. The zero-order chi connectivity index (χ0) is 44.1. The smallest absolute Gasteiger partial charge is 0.416 e. The van der Waals surface area contributed by atoms with Crippen LogP contribution in [0.15, 0.2) is 122 Å². The van der Waals surface area contributed by atoms with Gasteiger partial charge in [0.15, 0.2) is 4.88 Å². The molecule has 8 aromatic rings. The molecule has 0 radical (unpaired) electrons. The number of thiophene rings is 2. The molecule has 0 spiro atoms. The minimum absolute atomic E-state index is 0.194. The molecule has 0 bridgehead atoms. The molecule has 62 heavy (non-hydrogen) atoms. The number of carboxylic acids is 1. The number of hydrogen-bond acceptors (Lipinski definition) is 5. The molecule has 0 saturated carbocycles. The van der Waals surface area contributed by atoms with E-state index in [-0.39, 0.29) is 4.88 Å². The van der Waals surface area contributed by atoms with Crippen molar-refractivity contribution in [2.45, 2.75) is 26.2 Å². The molecule has 4 aromatic heterocycles. The largest absolute Gasteiger partial charge is 0.477 e. The molecule has 10 rings (SSSR count). The first-order valence-electron chi connectivity index (χ1n) is 18.7. The summed E-state index contributed by atoms with van der Waals surface area (Å²) in [4.78, 5) is 14.2. The average molecular weight is 1250 g/mol. The fourth-order valence-corrected chi connectivity index (χ4v) is 16.2. The second kappa shape index (κ2) is 16.1. The lowest BCUT2D eigenvalue weighted by atomic mass is 9.25. The van der Waals surface area contributed by atoms with E-state index in [1.165, 1.54) is 53.8 Å². The molecule has 4 aromatic carbocycles. The van der Waals surface area contributed by atoms with E-state index >= 15 is 0 Å². The molecule has 0 amide bonds. The van der Waals surface area contributed by atoms with Gasteiger partial charge in [-0.05, 0) is 81.6 Å². The molecule has 2 aliphatic heterocycles. The lowest BCUT2D eigenvalue weighted by Crippen LogP contribution is -2.82. The fourth-order valence-electron chi connectivity index (χ4n) is 9.05. The predicted octanol–water partition coefficient (Wildman–Crippen LogP) is 9.35. The molecule has 0 aliphatic carbocycles. The summed E-state index contributed by atoms with van der Waals surface area (Å²) in [5.74, 6) is -1.02. The third kappa shape index (κ3) is 7.23. The van der Waals surface area contributed by atoms with Crippen molar-refractivity contribution in [3.05, 3.63) is 157 Å². The number of aryl methyl sites for hydroxylation is 2. The number of nitrogens with zero attached hydrogens (tertiary/aromatic N) is 2. The van der Waals surface area contributed by atoms with Gasteiger partial charge in [0.25, 0.3) is 0 Å². The Labute approximate surface area is 408 Å². The van der Waals surface area contributed by atoms with Gasteiger partial charge in [-0.3, -0.25) is 0 Å². The van der Waals surface area contributed by atoms with Crippen LogP contribution in [0, 0.1) is 22.5 Å². The second-order valence-electron chi connectivity index (χ2n) is 15.2. The lowest BCUT2D eigenvalue weighted by molar-refractivity contribution is -0.519. The lowest BCUT2D eigenvalue weighted by Gasteiger charge is -2.32. The second-order valence-corrected chi connectivity index (χ2v) is 25.1. The van der Waals surface area contributed by atoms with Gasteiger partial charge in [0.2, 0.25) is 10.0 Å². The summed E-state index contributed by atoms with van der Waals surface area (Å²) in [6, 6.07) is 31.6. The highest BCUT2D eigenvalue weighted by atomic mass is 127. The Morgan fingerprint density at radius 3 is 1.26 bits per heavy atom. The maximum absolute atomic E-state index is 13.3. The summed E-state index contributed by atoms with van der Waals surface area (Å²) in [5.41, 5.74) is 6.70. The number of aromatic nitrogens is 2. The first-order valence-corrected chi connectivity index (χ1v) is 25.2. The highest BCUT2D eigenvalue weighted by Gasteiger charge is 2.54. The summed E-state index contributed by atoms with van der Waals surface area (Å²) in [6.45, 7) is 4.02. The molecule has 1 N–H and O–H groups in total. The minimum Gasteiger partial charge on any atom is -0.477 e. The average Bonchev–Trinajstić information content (AvgIpc) is 4.06. The molecule has 2 atom stereocenters. The van der Waals surface area contributed by atoms with Crippen LogP contribution in [0.2, 0.25) is 0 Å². The maximum Gasteiger partial charge on any atom is 0.416 e. The number of carboxylic acid groups (broad SMARTS) is 1. The van der Waals surface area contributed by atoms with Crippen molar-refractivity contribution in [1.29, 1.82) is 0 Å². The summed E-state index contributed by atoms with van der Waals surface area (Å²) in [5, 5.41) is 11.6. The van der Waals surface area contributed by atoms with Crippen molar-refractivity contribution in [2.75, 3.05) is 0 Å². The van der Waals surface area contributed by atoms with Gasteiger partial charge in [-0.25, -0.2) is 4.79 Å². The van der Waals surface area contributed by atoms with E-state index < -0.39 is 42.0 Å². The first-order chi connectivity index (χ1) is 29.3. The molecule has 4 nitrogen and oxygen atoms in total. The number of rotatable bonds is 5. The fraction of sp³-hybridized carbons (Fsp3) is 0.0930. The normalized spacial score (nSPS) is 17.5. The van der Waals surface area contributed by atoms with Gasteiger partial charge in [0.05, 0.1) is 26.6 Å². The Morgan fingerprint density at radius 2 is 0.887 bits per heavy atom. The van der Waals surface area contributed by atoms with Crippen molar-refractivity contribution < 1.29 is 45.2 Å². The molecule has 6 heterocycles. The summed E-state index contributed by atoms with van der Waals surface area (Å²) in [7, 11) is 0. The monoisotopic (exact) mass is 1250 g/mol. The van der Waals surface area contributed by atoms with Gasteiger partial charge in [0.1, 0.15) is 15.3 Å². The van der Waals surface area contributed by atoms with Crippen LogP contribution < -0.4 is 41.7 Å². The number of fused-ring (bicyclic) bond motifs is 6. The number of thiazole rings is 2. The van der Waals surface area contributed by atoms with Crippen LogP contribution in [0.1, 0.15) is 31.9 Å². The maximum atomic E-state index is 13.3. The van der Waals surface area contributed by atoms with E-state index in [4.69, 9.17) is 0 Å². The van der Waals surface area contributed by atoms with Crippen molar-refractivity contribution in [1.82, 2.24) is 0 Å². The molecule has 0 fully saturated rings. The van der Waals surface area contributed by atoms with E-state index in [0.717, 1.165) is 60.8 Å². The van der Waals surface area contributed by atoms with Crippen LogP contribution in [0.5, 0.6) is 0 Å². The van der Waals surface area contributed by atoms with E-state index in [1.807, 2.05) is 42.6 Å². The highest BCUT2D eigenvalue weighted by molar-refractivity contribution is 14.1. The van der Waals surface area contributed by atoms with Crippen LogP contribution in [-0.4, -0.2) is 23.6 Å². The van der Waals surface area contributed by atoms with Gasteiger partial charge in [-0.1, -0.05) is 143 Å². The molecular weight excluding hydrogens is 1220 g/mol. The van der Waals surface area contributed by atoms with Crippen molar-refractivity contribution in [3.8, 4) is 19.8 Å². The van der Waals surface area contributed by atoms with Gasteiger partial charge >= 0.3 is 30.9 Å². The van der Waals surface area contributed by atoms with Gasteiger partial charge in [-0.15, -0.1) is 55.5 Å². The standard InChI is InChI=1S/C22H14BF3INO2S2.C21H13BF3I2NS2/c1-12-2-6-14(7-3-12)23(15-8-4-13(5-9-15)22(24,25)26)16-10-18(27)32-19(16)20-28(23)11-17(31-20)21(29)30;1-12-2-6-14(7-3-12)22(15-8-4-13(5-9-15)21(23,24)25)16-10-17(26)29-19(16)20-28(22)11-18(27)30-20/h2-11H,1H3,(H,29,30);2-11H,1H3. The number of alkyl halides is 6. The number of halogens is 9. The highest BCUT2D eigenvalue weighted by Crippen LogP contribution is 2.39. The molecule has 2 aliphatic rings. The van der Waals surface area contributed by atoms with E-state index in [0.29, 0.717) is 5.46 Å². The van der Waals surface area contributed by atoms with Gasteiger partial charge in [-0.2, -0.15) is 26.3 Å². The Bertz CT molecular complexity index is 2990. The van der Waals surface area contributed by atoms with Crippen molar-refractivity contribution in [3.63, 3.8) is 0 Å². The van der Waals surface area contributed by atoms with Crippen LogP contribution in [-0.2, 0) is 12.4 Å². The van der Waals surface area contributed by atoms with Crippen LogP contribution in [0.3, 0.4) is 0 Å². The van der Waals surface area contributed by atoms with E-state index in [9.17, 15) is 36.2 Å². The summed E-state index contributed by atoms with van der Waals surface area (Å²) in [6.07, 6.45) is -8.53. The molecule has 2 unspecified atom stereocenters. The van der Waals surface area contributed by atoms with Gasteiger partial charge < -0.3 is 14.1 Å². The van der Waals surface area contributed by atoms with Gasteiger partial charge in [0, 0.05) is 0 Å². The first kappa shape index (κ1) is 44.1. The van der Waals surface area contributed by atoms with Crippen molar-refractivity contribution in [2.24, 2.45) is 0 Å². The Balaban J connectivity index is 0.000000158. The Morgan fingerprint density at radius 1 is 0.532 bits per heavy atom. The molecular formula is C43H27B2F6I3N2O2S4. The summed E-state index contributed by atoms with van der Waals surface area (Å²) >= 11 is 13.1. The van der Waals surface area contributed by atoms with Crippen LogP contribution >= 0.6 is 113 Å². The van der Waals surface area contributed by atoms with Crippen LogP contribution in [0.4, 0.5) is 26.3 Å². The third-order valence-corrected chi connectivity index (χ3v) is 18.8. The quantitative estimate of drug-likeness (QED) is 0.106. The molecule has 314 valence electrons.